The van der Waals surface area contributed by atoms with Crippen LogP contribution in [0, 0.1) is 12.8 Å². The van der Waals surface area contributed by atoms with Gasteiger partial charge in [-0.1, -0.05) is 32.1 Å². The highest BCUT2D eigenvalue weighted by Gasteiger charge is 2.14. The van der Waals surface area contributed by atoms with Gasteiger partial charge in [-0.2, -0.15) is 0 Å². The molecule has 0 unspecified atom stereocenters. The molecule has 1 fully saturated rings. The number of rotatable bonds is 5. The summed E-state index contributed by atoms with van der Waals surface area (Å²) in [5, 5.41) is 5.98. The number of aromatic nitrogens is 1. The Morgan fingerprint density at radius 2 is 2.22 bits per heavy atom. The minimum absolute atomic E-state index is 0.174. The van der Waals surface area contributed by atoms with Crippen molar-refractivity contribution in [1.29, 1.82) is 0 Å². The Bertz CT molecular complexity index is 383. The summed E-state index contributed by atoms with van der Waals surface area (Å²) in [6.07, 6.45) is 8.46. The quantitative estimate of drug-likeness (QED) is 0.887. The van der Waals surface area contributed by atoms with Crippen molar-refractivity contribution < 1.29 is 4.79 Å². The maximum Gasteiger partial charge on any atom is 0.220 e. The van der Waals surface area contributed by atoms with Crippen molar-refractivity contribution in [2.24, 2.45) is 5.92 Å². The predicted molar refractivity (Wildman–Crippen MR) is 74.5 cm³/mol. The number of aryl methyl sites for hydroxylation is 1. The van der Waals surface area contributed by atoms with E-state index in [2.05, 4.69) is 10.3 Å². The lowest BCUT2D eigenvalue weighted by Crippen LogP contribution is -2.23. The first-order valence-electron chi connectivity index (χ1n) is 6.92. The number of thiazole rings is 1. The van der Waals surface area contributed by atoms with Gasteiger partial charge in [0.25, 0.3) is 0 Å². The number of amides is 1. The van der Waals surface area contributed by atoms with Gasteiger partial charge in [0.15, 0.2) is 0 Å². The molecule has 1 aliphatic rings. The zero-order valence-electron chi connectivity index (χ0n) is 11.1. The van der Waals surface area contributed by atoms with E-state index < -0.39 is 0 Å². The molecule has 1 N–H and O–H groups in total. The average molecular weight is 266 g/mol. The molecule has 0 bridgehead atoms. The first-order chi connectivity index (χ1) is 8.74. The van der Waals surface area contributed by atoms with Gasteiger partial charge >= 0.3 is 0 Å². The highest BCUT2D eigenvalue weighted by molar-refractivity contribution is 7.09. The first kappa shape index (κ1) is 13.5. The molecular weight excluding hydrogens is 244 g/mol. The van der Waals surface area contributed by atoms with Crippen LogP contribution in [0.5, 0.6) is 0 Å². The fraction of sp³-hybridized carbons (Fsp3) is 0.714. The lowest BCUT2D eigenvalue weighted by atomic mass is 9.86. The van der Waals surface area contributed by atoms with Gasteiger partial charge in [-0.3, -0.25) is 4.79 Å². The summed E-state index contributed by atoms with van der Waals surface area (Å²) in [7, 11) is 0. The summed E-state index contributed by atoms with van der Waals surface area (Å²) >= 11 is 1.61. The van der Waals surface area contributed by atoms with Gasteiger partial charge < -0.3 is 5.32 Å². The Morgan fingerprint density at radius 3 is 2.89 bits per heavy atom. The number of carbonyl (C=O) groups excluding carboxylic acids is 1. The molecule has 18 heavy (non-hydrogen) atoms. The molecule has 2 rings (SSSR count). The molecule has 1 aromatic rings. The summed E-state index contributed by atoms with van der Waals surface area (Å²) in [4.78, 5) is 16.1. The fourth-order valence-electron chi connectivity index (χ4n) is 2.56. The van der Waals surface area contributed by atoms with Crippen LogP contribution in [0.2, 0.25) is 0 Å². The third-order valence-corrected chi connectivity index (χ3v) is 4.57. The van der Waals surface area contributed by atoms with Crippen molar-refractivity contribution in [2.45, 2.75) is 58.4 Å². The van der Waals surface area contributed by atoms with Crippen LogP contribution in [0.3, 0.4) is 0 Å². The Labute approximate surface area is 113 Å². The van der Waals surface area contributed by atoms with Gasteiger partial charge in [0, 0.05) is 17.5 Å². The smallest absolute Gasteiger partial charge is 0.220 e. The van der Waals surface area contributed by atoms with Crippen molar-refractivity contribution in [1.82, 2.24) is 10.3 Å². The summed E-state index contributed by atoms with van der Waals surface area (Å²) in [5.74, 6) is 0.958. The van der Waals surface area contributed by atoms with Crippen LogP contribution in [0.1, 0.15) is 55.6 Å². The zero-order valence-corrected chi connectivity index (χ0v) is 11.9. The summed E-state index contributed by atoms with van der Waals surface area (Å²) in [6, 6.07) is 0. The molecule has 1 amide bonds. The number of hydrogen-bond donors (Lipinski definition) is 1. The average Bonchev–Trinajstić information content (AvgIpc) is 2.81. The molecule has 4 heteroatoms. The highest BCUT2D eigenvalue weighted by Crippen LogP contribution is 2.27. The van der Waals surface area contributed by atoms with E-state index in [0.29, 0.717) is 13.0 Å². The van der Waals surface area contributed by atoms with E-state index in [0.717, 1.165) is 23.0 Å². The molecule has 0 saturated heterocycles. The SMILES string of the molecule is Cc1csc(CNC(=O)CCC2CCCCC2)n1. The molecule has 0 radical (unpaired) electrons. The van der Waals surface area contributed by atoms with Gasteiger partial charge in [-0.05, 0) is 19.3 Å². The fourth-order valence-corrected chi connectivity index (χ4v) is 3.27. The Hall–Kier alpha value is -0.900. The monoisotopic (exact) mass is 266 g/mol. The van der Waals surface area contributed by atoms with Gasteiger partial charge in [0.2, 0.25) is 5.91 Å². The van der Waals surface area contributed by atoms with E-state index in [1.54, 1.807) is 11.3 Å². The van der Waals surface area contributed by atoms with Crippen LogP contribution in [0.15, 0.2) is 5.38 Å². The van der Waals surface area contributed by atoms with Crippen LogP contribution in [0.25, 0.3) is 0 Å². The third-order valence-electron chi connectivity index (χ3n) is 3.61. The minimum Gasteiger partial charge on any atom is -0.350 e. The summed E-state index contributed by atoms with van der Waals surface area (Å²) in [5.41, 5.74) is 1.03. The minimum atomic E-state index is 0.174. The molecule has 0 aliphatic heterocycles. The van der Waals surface area contributed by atoms with E-state index in [-0.39, 0.29) is 5.91 Å². The molecular formula is C14H22N2OS. The number of hydrogen-bond acceptors (Lipinski definition) is 3. The largest absolute Gasteiger partial charge is 0.350 e. The van der Waals surface area contributed by atoms with Crippen molar-refractivity contribution in [3.63, 3.8) is 0 Å². The molecule has 100 valence electrons. The van der Waals surface area contributed by atoms with E-state index in [1.165, 1.54) is 32.1 Å². The number of nitrogens with zero attached hydrogens (tertiary/aromatic N) is 1. The van der Waals surface area contributed by atoms with Crippen molar-refractivity contribution in [2.75, 3.05) is 0 Å². The standard InChI is InChI=1S/C14H22N2OS/c1-11-10-18-14(16-11)9-15-13(17)8-7-12-5-3-2-4-6-12/h10,12H,2-9H2,1H3,(H,15,17). The van der Waals surface area contributed by atoms with Crippen molar-refractivity contribution >= 4 is 17.2 Å². The normalized spacial score (nSPS) is 16.7. The molecule has 1 heterocycles. The number of nitrogens with one attached hydrogen (secondary N) is 1. The second-order valence-electron chi connectivity index (χ2n) is 5.20. The lowest BCUT2D eigenvalue weighted by Gasteiger charge is -2.20. The maximum absolute atomic E-state index is 11.7. The van der Waals surface area contributed by atoms with Crippen LogP contribution in [0.4, 0.5) is 0 Å². The Morgan fingerprint density at radius 1 is 1.44 bits per heavy atom. The van der Waals surface area contributed by atoms with Gasteiger partial charge in [-0.15, -0.1) is 11.3 Å². The maximum atomic E-state index is 11.7. The van der Waals surface area contributed by atoms with E-state index in [9.17, 15) is 4.79 Å². The molecule has 0 aromatic carbocycles. The first-order valence-corrected chi connectivity index (χ1v) is 7.79. The van der Waals surface area contributed by atoms with E-state index in [1.807, 2.05) is 12.3 Å². The van der Waals surface area contributed by atoms with Crippen molar-refractivity contribution in [3.8, 4) is 0 Å². The predicted octanol–water partition coefficient (Wildman–Crippen LogP) is 3.43. The topological polar surface area (TPSA) is 42.0 Å². The zero-order chi connectivity index (χ0) is 12.8. The molecule has 0 atom stereocenters. The summed E-state index contributed by atoms with van der Waals surface area (Å²) in [6.45, 7) is 2.56. The third kappa shape index (κ3) is 4.41. The molecule has 1 aliphatic carbocycles. The Balaban J connectivity index is 1.62. The van der Waals surface area contributed by atoms with Gasteiger partial charge in [-0.25, -0.2) is 4.98 Å². The lowest BCUT2D eigenvalue weighted by molar-refractivity contribution is -0.121. The van der Waals surface area contributed by atoms with Gasteiger partial charge in [0.05, 0.1) is 6.54 Å². The summed E-state index contributed by atoms with van der Waals surface area (Å²) < 4.78 is 0. The van der Waals surface area contributed by atoms with Gasteiger partial charge in [0.1, 0.15) is 5.01 Å². The second kappa shape index (κ2) is 6.88. The van der Waals surface area contributed by atoms with Crippen LogP contribution < -0.4 is 5.32 Å². The van der Waals surface area contributed by atoms with Crippen molar-refractivity contribution in [3.05, 3.63) is 16.1 Å². The van der Waals surface area contributed by atoms with Crippen LogP contribution >= 0.6 is 11.3 Å². The van der Waals surface area contributed by atoms with E-state index in [4.69, 9.17) is 0 Å². The molecule has 1 aromatic heterocycles. The highest BCUT2D eigenvalue weighted by atomic mass is 32.1. The van der Waals surface area contributed by atoms with Crippen LogP contribution in [-0.2, 0) is 11.3 Å². The number of carbonyl (C=O) groups is 1. The molecule has 1 saturated carbocycles. The van der Waals surface area contributed by atoms with E-state index >= 15 is 0 Å². The molecule has 0 spiro atoms. The molecule has 3 nitrogen and oxygen atoms in total. The second-order valence-corrected chi connectivity index (χ2v) is 6.14. The van der Waals surface area contributed by atoms with Crippen LogP contribution in [-0.4, -0.2) is 10.9 Å². The Kier molecular flexibility index (Phi) is 5.17.